The molecule has 1 heterocycles. The molecule has 0 aromatic heterocycles. The average molecular weight is 270 g/mol. The van der Waals surface area contributed by atoms with Gasteiger partial charge in [0.15, 0.2) is 0 Å². The molecule has 104 valence electrons. The maximum absolute atomic E-state index is 12.7. The van der Waals surface area contributed by atoms with Crippen LogP contribution >= 0.6 is 0 Å². The summed E-state index contributed by atoms with van der Waals surface area (Å²) in [5.74, 6) is 2.32. The maximum atomic E-state index is 12.7. The zero-order chi connectivity index (χ0) is 14.8. The van der Waals surface area contributed by atoms with Crippen molar-refractivity contribution in [1.29, 1.82) is 0 Å². The Morgan fingerprint density at radius 1 is 1.30 bits per heavy atom. The number of carbonyl (C=O) groups excluding carboxylic acids is 2. The molecule has 2 rings (SSSR count). The summed E-state index contributed by atoms with van der Waals surface area (Å²) < 4.78 is 0. The van der Waals surface area contributed by atoms with Crippen molar-refractivity contribution in [2.24, 2.45) is 0 Å². The summed E-state index contributed by atoms with van der Waals surface area (Å²) in [5, 5.41) is 2.77. The van der Waals surface area contributed by atoms with Crippen LogP contribution in [0.5, 0.6) is 0 Å². The molecule has 1 fully saturated rings. The molecular weight excluding hydrogens is 252 g/mol. The smallest absolute Gasteiger partial charge is 0.251 e. The second-order valence-electron chi connectivity index (χ2n) is 5.35. The van der Waals surface area contributed by atoms with Gasteiger partial charge in [0.2, 0.25) is 5.91 Å². The van der Waals surface area contributed by atoms with Crippen LogP contribution in [0.1, 0.15) is 31.9 Å². The number of rotatable bonds is 2. The predicted octanol–water partition coefficient (Wildman–Crippen LogP) is 1.49. The third kappa shape index (κ3) is 2.67. The van der Waals surface area contributed by atoms with Crippen molar-refractivity contribution in [3.8, 4) is 12.3 Å². The molecule has 4 nitrogen and oxygen atoms in total. The van der Waals surface area contributed by atoms with Gasteiger partial charge < -0.3 is 10.2 Å². The fourth-order valence-electron chi connectivity index (χ4n) is 2.28. The molecule has 20 heavy (non-hydrogen) atoms. The summed E-state index contributed by atoms with van der Waals surface area (Å²) in [4.78, 5) is 26.1. The van der Waals surface area contributed by atoms with Gasteiger partial charge in [0.25, 0.3) is 5.91 Å². The first-order valence-electron chi connectivity index (χ1n) is 6.59. The van der Waals surface area contributed by atoms with E-state index in [9.17, 15) is 9.59 Å². The van der Waals surface area contributed by atoms with E-state index in [1.54, 1.807) is 4.90 Å². The lowest BCUT2D eigenvalue weighted by Crippen LogP contribution is -2.49. The molecule has 1 atom stereocenters. The molecule has 0 radical (unpaired) electrons. The number of nitrogens with zero attached hydrogens (tertiary/aromatic N) is 1. The fraction of sp³-hybridized carbons (Fsp3) is 0.375. The SMILES string of the molecule is C#CC(C)(C)N1CCC(=O)NC(c2ccccc2)C1=O. The maximum Gasteiger partial charge on any atom is 0.251 e. The van der Waals surface area contributed by atoms with E-state index in [2.05, 4.69) is 11.2 Å². The lowest BCUT2D eigenvalue weighted by atomic mass is 10.00. The van der Waals surface area contributed by atoms with Crippen molar-refractivity contribution in [2.45, 2.75) is 31.8 Å². The first-order chi connectivity index (χ1) is 9.45. The second-order valence-corrected chi connectivity index (χ2v) is 5.35. The molecule has 1 aliphatic rings. The van der Waals surface area contributed by atoms with Crippen LogP contribution in [0.3, 0.4) is 0 Å². The van der Waals surface area contributed by atoms with E-state index in [0.717, 1.165) is 5.56 Å². The van der Waals surface area contributed by atoms with Gasteiger partial charge in [-0.2, -0.15) is 0 Å². The Morgan fingerprint density at radius 3 is 2.55 bits per heavy atom. The number of amides is 2. The zero-order valence-electron chi connectivity index (χ0n) is 11.7. The normalized spacial score (nSPS) is 20.1. The van der Waals surface area contributed by atoms with E-state index in [1.165, 1.54) is 0 Å². The molecule has 0 saturated carbocycles. The van der Waals surface area contributed by atoms with Gasteiger partial charge in [0, 0.05) is 13.0 Å². The van der Waals surface area contributed by atoms with E-state index in [0.29, 0.717) is 6.54 Å². The first kappa shape index (κ1) is 14.1. The highest BCUT2D eigenvalue weighted by molar-refractivity contribution is 5.91. The summed E-state index contributed by atoms with van der Waals surface area (Å²) in [6, 6.07) is 8.55. The van der Waals surface area contributed by atoms with Crippen LogP contribution in [0.25, 0.3) is 0 Å². The Balaban J connectivity index is 2.39. The standard InChI is InChI=1S/C16H18N2O2/c1-4-16(2,3)18-11-10-13(19)17-14(15(18)20)12-8-6-5-7-9-12/h1,5-9,14H,10-11H2,2-3H3,(H,17,19). The Morgan fingerprint density at radius 2 is 1.95 bits per heavy atom. The number of benzene rings is 1. The van der Waals surface area contributed by atoms with E-state index in [-0.39, 0.29) is 18.2 Å². The van der Waals surface area contributed by atoms with E-state index in [1.807, 2.05) is 44.2 Å². The molecule has 1 N–H and O–H groups in total. The largest absolute Gasteiger partial charge is 0.340 e. The Labute approximate surface area is 119 Å². The highest BCUT2D eigenvalue weighted by Gasteiger charge is 2.37. The third-order valence-electron chi connectivity index (χ3n) is 3.54. The zero-order valence-corrected chi connectivity index (χ0v) is 11.7. The molecule has 2 amide bonds. The Kier molecular flexibility index (Phi) is 3.80. The molecule has 0 aliphatic carbocycles. The van der Waals surface area contributed by atoms with Crippen molar-refractivity contribution in [3.05, 3.63) is 35.9 Å². The van der Waals surface area contributed by atoms with E-state index < -0.39 is 11.6 Å². The van der Waals surface area contributed by atoms with Gasteiger partial charge in [-0.25, -0.2) is 0 Å². The van der Waals surface area contributed by atoms with Crippen LogP contribution in [-0.4, -0.2) is 28.8 Å². The number of hydrogen-bond acceptors (Lipinski definition) is 2. The summed E-state index contributed by atoms with van der Waals surface area (Å²) in [7, 11) is 0. The lowest BCUT2D eigenvalue weighted by molar-refractivity contribution is -0.136. The number of terminal acetylenes is 1. The van der Waals surface area contributed by atoms with Crippen molar-refractivity contribution in [3.63, 3.8) is 0 Å². The van der Waals surface area contributed by atoms with Gasteiger partial charge in [-0.3, -0.25) is 9.59 Å². The molecule has 0 bridgehead atoms. The summed E-state index contributed by atoms with van der Waals surface area (Å²) in [6.07, 6.45) is 5.78. The van der Waals surface area contributed by atoms with Gasteiger partial charge in [0.1, 0.15) is 6.04 Å². The highest BCUT2D eigenvalue weighted by atomic mass is 16.2. The number of nitrogens with one attached hydrogen (secondary N) is 1. The lowest BCUT2D eigenvalue weighted by Gasteiger charge is -2.35. The van der Waals surface area contributed by atoms with Gasteiger partial charge in [-0.05, 0) is 19.4 Å². The molecule has 4 heteroatoms. The first-order valence-corrected chi connectivity index (χ1v) is 6.59. The quantitative estimate of drug-likeness (QED) is 0.828. The summed E-state index contributed by atoms with van der Waals surface area (Å²) in [6.45, 7) is 3.96. The van der Waals surface area contributed by atoms with Gasteiger partial charge in [-0.15, -0.1) is 6.42 Å². The molecule has 1 aromatic carbocycles. The Hall–Kier alpha value is -2.28. The third-order valence-corrected chi connectivity index (χ3v) is 3.54. The minimum absolute atomic E-state index is 0.137. The molecule has 1 aromatic rings. The molecular formula is C16H18N2O2. The minimum Gasteiger partial charge on any atom is -0.340 e. The fourth-order valence-corrected chi connectivity index (χ4v) is 2.28. The summed E-state index contributed by atoms with van der Waals surface area (Å²) >= 11 is 0. The molecule has 0 spiro atoms. The van der Waals surface area contributed by atoms with Crippen LogP contribution < -0.4 is 5.32 Å². The van der Waals surface area contributed by atoms with E-state index in [4.69, 9.17) is 6.42 Å². The van der Waals surface area contributed by atoms with E-state index >= 15 is 0 Å². The van der Waals surface area contributed by atoms with Crippen LogP contribution in [0.4, 0.5) is 0 Å². The van der Waals surface area contributed by atoms with Crippen LogP contribution in [0, 0.1) is 12.3 Å². The van der Waals surface area contributed by atoms with Crippen LogP contribution in [-0.2, 0) is 9.59 Å². The van der Waals surface area contributed by atoms with Crippen molar-refractivity contribution < 1.29 is 9.59 Å². The summed E-state index contributed by atoms with van der Waals surface area (Å²) in [5.41, 5.74) is 0.0572. The van der Waals surface area contributed by atoms with Crippen molar-refractivity contribution >= 4 is 11.8 Å². The van der Waals surface area contributed by atoms with Gasteiger partial charge in [0.05, 0.1) is 5.54 Å². The highest BCUT2D eigenvalue weighted by Crippen LogP contribution is 2.24. The predicted molar refractivity (Wildman–Crippen MR) is 76.6 cm³/mol. The van der Waals surface area contributed by atoms with Crippen molar-refractivity contribution in [1.82, 2.24) is 10.2 Å². The topological polar surface area (TPSA) is 49.4 Å². The van der Waals surface area contributed by atoms with Gasteiger partial charge in [-0.1, -0.05) is 36.3 Å². The van der Waals surface area contributed by atoms with Crippen molar-refractivity contribution in [2.75, 3.05) is 6.54 Å². The second kappa shape index (κ2) is 5.38. The van der Waals surface area contributed by atoms with Crippen LogP contribution in [0.15, 0.2) is 30.3 Å². The number of hydrogen-bond donors (Lipinski definition) is 1. The minimum atomic E-state index is -0.712. The monoisotopic (exact) mass is 270 g/mol. The molecule has 1 unspecified atom stereocenters. The molecule has 1 aliphatic heterocycles. The number of carbonyl (C=O) groups is 2. The van der Waals surface area contributed by atoms with Crippen LogP contribution in [0.2, 0.25) is 0 Å². The average Bonchev–Trinajstić information content (AvgIpc) is 2.59. The van der Waals surface area contributed by atoms with Gasteiger partial charge >= 0.3 is 0 Å². The molecule has 1 saturated heterocycles. The Bertz CT molecular complexity index is 558.